The SMILES string of the molecule is CSc1ccc(N2CC(C(=O)NCC(=O)Nc3ccccc3)CC2=O)cc1. The van der Waals surface area contributed by atoms with Crippen LogP contribution in [0.2, 0.25) is 0 Å². The van der Waals surface area contributed by atoms with E-state index in [1.807, 2.05) is 48.7 Å². The first-order valence-corrected chi connectivity index (χ1v) is 9.86. The average Bonchev–Trinajstić information content (AvgIpc) is 3.09. The van der Waals surface area contributed by atoms with E-state index in [0.29, 0.717) is 12.2 Å². The highest BCUT2D eigenvalue weighted by molar-refractivity contribution is 7.98. The minimum absolute atomic E-state index is 0.0826. The molecule has 27 heavy (non-hydrogen) atoms. The number of anilines is 2. The Labute approximate surface area is 162 Å². The Morgan fingerprint density at radius 3 is 2.48 bits per heavy atom. The van der Waals surface area contributed by atoms with Gasteiger partial charge >= 0.3 is 0 Å². The number of nitrogens with one attached hydrogen (secondary N) is 2. The van der Waals surface area contributed by atoms with Crippen molar-refractivity contribution in [3.63, 3.8) is 0 Å². The molecule has 0 aliphatic carbocycles. The highest BCUT2D eigenvalue weighted by Crippen LogP contribution is 2.27. The summed E-state index contributed by atoms with van der Waals surface area (Å²) in [7, 11) is 0. The van der Waals surface area contributed by atoms with Gasteiger partial charge in [0, 0.05) is 29.2 Å². The summed E-state index contributed by atoms with van der Waals surface area (Å²) in [5, 5.41) is 5.33. The molecular formula is C20H21N3O3S. The second-order valence-electron chi connectivity index (χ2n) is 6.24. The van der Waals surface area contributed by atoms with E-state index >= 15 is 0 Å². The van der Waals surface area contributed by atoms with Crippen LogP contribution < -0.4 is 15.5 Å². The van der Waals surface area contributed by atoms with Gasteiger partial charge in [-0.2, -0.15) is 0 Å². The molecule has 0 aromatic heterocycles. The lowest BCUT2D eigenvalue weighted by Gasteiger charge is -2.17. The van der Waals surface area contributed by atoms with Crippen molar-refractivity contribution in [2.45, 2.75) is 11.3 Å². The number of hydrogen-bond donors (Lipinski definition) is 2. The molecule has 1 unspecified atom stereocenters. The topological polar surface area (TPSA) is 78.5 Å². The van der Waals surface area contributed by atoms with Gasteiger partial charge in [-0.15, -0.1) is 11.8 Å². The van der Waals surface area contributed by atoms with Crippen LogP contribution in [0.15, 0.2) is 59.5 Å². The molecule has 1 heterocycles. The summed E-state index contributed by atoms with van der Waals surface area (Å²) >= 11 is 1.63. The van der Waals surface area contributed by atoms with E-state index in [9.17, 15) is 14.4 Å². The molecule has 140 valence electrons. The van der Waals surface area contributed by atoms with Crippen LogP contribution in [0.5, 0.6) is 0 Å². The van der Waals surface area contributed by atoms with E-state index in [2.05, 4.69) is 10.6 Å². The molecule has 2 N–H and O–H groups in total. The van der Waals surface area contributed by atoms with Crippen LogP contribution in [0.4, 0.5) is 11.4 Å². The maximum Gasteiger partial charge on any atom is 0.243 e. The Morgan fingerprint density at radius 1 is 1.11 bits per heavy atom. The van der Waals surface area contributed by atoms with Gasteiger partial charge in [0.1, 0.15) is 0 Å². The van der Waals surface area contributed by atoms with E-state index in [0.717, 1.165) is 10.6 Å². The predicted octanol–water partition coefficient (Wildman–Crippen LogP) is 2.52. The first-order valence-electron chi connectivity index (χ1n) is 8.64. The summed E-state index contributed by atoms with van der Waals surface area (Å²) in [4.78, 5) is 39.3. The van der Waals surface area contributed by atoms with Gasteiger partial charge in [-0.3, -0.25) is 14.4 Å². The normalized spacial score (nSPS) is 16.3. The van der Waals surface area contributed by atoms with E-state index in [-0.39, 0.29) is 30.7 Å². The van der Waals surface area contributed by atoms with Gasteiger partial charge in [0.05, 0.1) is 12.5 Å². The van der Waals surface area contributed by atoms with E-state index in [1.54, 1.807) is 28.8 Å². The smallest absolute Gasteiger partial charge is 0.243 e. The number of hydrogen-bond acceptors (Lipinski definition) is 4. The molecule has 1 saturated heterocycles. The number of carbonyl (C=O) groups excluding carboxylic acids is 3. The minimum atomic E-state index is -0.456. The molecule has 1 aliphatic rings. The van der Waals surface area contributed by atoms with Gasteiger partial charge in [0.25, 0.3) is 0 Å². The van der Waals surface area contributed by atoms with Gasteiger partial charge in [-0.05, 0) is 42.7 Å². The van der Waals surface area contributed by atoms with Crippen LogP contribution in [0.25, 0.3) is 0 Å². The summed E-state index contributed by atoms with van der Waals surface area (Å²) in [5.41, 5.74) is 1.46. The molecule has 7 heteroatoms. The summed E-state index contributed by atoms with van der Waals surface area (Å²) in [6.07, 6.45) is 2.14. The Bertz CT molecular complexity index is 824. The number of nitrogens with zero attached hydrogens (tertiary/aromatic N) is 1. The zero-order valence-corrected chi connectivity index (χ0v) is 15.8. The summed E-state index contributed by atoms with van der Waals surface area (Å²) in [6.45, 7) is 0.199. The Hall–Kier alpha value is -2.80. The maximum absolute atomic E-state index is 12.4. The van der Waals surface area contributed by atoms with Crippen LogP contribution in [0.3, 0.4) is 0 Å². The van der Waals surface area contributed by atoms with E-state index in [1.165, 1.54) is 0 Å². The molecule has 0 radical (unpaired) electrons. The zero-order chi connectivity index (χ0) is 19.2. The quantitative estimate of drug-likeness (QED) is 0.752. The molecule has 0 saturated carbocycles. The second-order valence-corrected chi connectivity index (χ2v) is 7.12. The summed E-state index contributed by atoms with van der Waals surface area (Å²) in [5.74, 6) is -1.12. The molecule has 3 rings (SSSR count). The molecule has 0 bridgehead atoms. The average molecular weight is 383 g/mol. The summed E-state index contributed by atoms with van der Waals surface area (Å²) in [6, 6.07) is 16.7. The lowest BCUT2D eigenvalue weighted by atomic mass is 10.1. The maximum atomic E-state index is 12.4. The van der Waals surface area contributed by atoms with Crippen LogP contribution in [-0.4, -0.2) is 37.1 Å². The zero-order valence-electron chi connectivity index (χ0n) is 15.0. The molecular weight excluding hydrogens is 362 g/mol. The monoisotopic (exact) mass is 383 g/mol. The predicted molar refractivity (Wildman–Crippen MR) is 107 cm³/mol. The highest BCUT2D eigenvalue weighted by atomic mass is 32.2. The van der Waals surface area contributed by atoms with Crippen molar-refractivity contribution in [3.8, 4) is 0 Å². The first-order chi connectivity index (χ1) is 13.1. The molecule has 0 spiro atoms. The summed E-state index contributed by atoms with van der Waals surface area (Å²) < 4.78 is 0. The Balaban J connectivity index is 1.51. The first kappa shape index (κ1) is 19.0. The van der Waals surface area contributed by atoms with Crippen molar-refractivity contribution in [1.82, 2.24) is 5.32 Å². The molecule has 2 aromatic carbocycles. The molecule has 1 fully saturated rings. The Morgan fingerprint density at radius 2 is 1.81 bits per heavy atom. The standard InChI is InChI=1S/C20H21N3O3S/c1-27-17-9-7-16(8-10-17)23-13-14(11-19(23)25)20(26)21-12-18(24)22-15-5-3-2-4-6-15/h2-10,14H,11-13H2,1H3,(H,21,26)(H,22,24). The van der Waals surface area contributed by atoms with Crippen LogP contribution in [0.1, 0.15) is 6.42 Å². The lowest BCUT2D eigenvalue weighted by Crippen LogP contribution is -2.37. The molecule has 3 amide bonds. The van der Waals surface area contributed by atoms with Crippen molar-refractivity contribution in [2.75, 3.05) is 29.6 Å². The third-order valence-electron chi connectivity index (χ3n) is 4.36. The number of rotatable bonds is 6. The molecule has 6 nitrogen and oxygen atoms in total. The fourth-order valence-corrected chi connectivity index (χ4v) is 3.34. The highest BCUT2D eigenvalue weighted by Gasteiger charge is 2.35. The molecule has 2 aromatic rings. The molecule has 1 atom stereocenters. The van der Waals surface area contributed by atoms with Gasteiger partial charge in [-0.25, -0.2) is 0 Å². The number of thioether (sulfide) groups is 1. The number of benzene rings is 2. The van der Waals surface area contributed by atoms with Crippen molar-refractivity contribution in [3.05, 3.63) is 54.6 Å². The van der Waals surface area contributed by atoms with Crippen molar-refractivity contribution in [2.24, 2.45) is 5.92 Å². The lowest BCUT2D eigenvalue weighted by molar-refractivity contribution is -0.127. The van der Waals surface area contributed by atoms with Gasteiger partial charge in [0.15, 0.2) is 0 Å². The fourth-order valence-electron chi connectivity index (χ4n) is 2.93. The largest absolute Gasteiger partial charge is 0.347 e. The van der Waals surface area contributed by atoms with Crippen molar-refractivity contribution < 1.29 is 14.4 Å². The van der Waals surface area contributed by atoms with E-state index in [4.69, 9.17) is 0 Å². The number of para-hydroxylation sites is 1. The second kappa shape index (κ2) is 8.73. The van der Waals surface area contributed by atoms with Crippen molar-refractivity contribution >= 4 is 40.9 Å². The van der Waals surface area contributed by atoms with Gasteiger partial charge < -0.3 is 15.5 Å². The van der Waals surface area contributed by atoms with E-state index < -0.39 is 5.92 Å². The van der Waals surface area contributed by atoms with Crippen LogP contribution in [0, 0.1) is 5.92 Å². The number of amides is 3. The Kier molecular flexibility index (Phi) is 6.13. The van der Waals surface area contributed by atoms with Crippen LogP contribution >= 0.6 is 11.8 Å². The fraction of sp³-hybridized carbons (Fsp3) is 0.250. The van der Waals surface area contributed by atoms with Gasteiger partial charge in [0.2, 0.25) is 17.7 Å². The van der Waals surface area contributed by atoms with Gasteiger partial charge in [-0.1, -0.05) is 18.2 Å². The van der Waals surface area contributed by atoms with Crippen LogP contribution in [-0.2, 0) is 14.4 Å². The third-order valence-corrected chi connectivity index (χ3v) is 5.10. The van der Waals surface area contributed by atoms with Crippen molar-refractivity contribution in [1.29, 1.82) is 0 Å². The minimum Gasteiger partial charge on any atom is -0.347 e. The number of carbonyl (C=O) groups is 3. The third kappa shape index (κ3) is 4.89. The molecule has 1 aliphatic heterocycles.